The zero-order valence-corrected chi connectivity index (χ0v) is 19.9. The first-order valence-electron chi connectivity index (χ1n) is 12.1. The molecule has 0 unspecified atom stereocenters. The maximum atomic E-state index is 10.3. The molecular weight excluding hydrogens is 364 g/mol. The van der Waals surface area contributed by atoms with Crippen molar-refractivity contribution in [2.45, 2.75) is 109 Å². The Labute approximate surface area is 185 Å². The summed E-state index contributed by atoms with van der Waals surface area (Å²) in [5, 5.41) is 10.3. The fourth-order valence-electron chi connectivity index (χ4n) is 4.46. The molecule has 0 aliphatic carbocycles. The molecule has 0 bridgehead atoms. The highest BCUT2D eigenvalue weighted by Crippen LogP contribution is 2.30. The van der Waals surface area contributed by atoms with Crippen molar-refractivity contribution in [3.63, 3.8) is 0 Å². The number of hydrogen-bond acceptors (Lipinski definition) is 1. The van der Waals surface area contributed by atoms with Crippen molar-refractivity contribution in [3.05, 3.63) is 71.8 Å². The predicted octanol–water partition coefficient (Wildman–Crippen LogP) is 8.20. The molecule has 1 N–H and O–H groups in total. The number of benzene rings is 2. The van der Waals surface area contributed by atoms with Crippen molar-refractivity contribution >= 4 is 0 Å². The highest BCUT2D eigenvalue weighted by atomic mass is 16.3. The fraction of sp³-hybridized carbons (Fsp3) is 0.586. The van der Waals surface area contributed by atoms with E-state index in [2.05, 4.69) is 88.4 Å². The number of aliphatic hydroxyl groups is 1. The van der Waals surface area contributed by atoms with Crippen molar-refractivity contribution < 1.29 is 5.11 Å². The summed E-state index contributed by atoms with van der Waals surface area (Å²) in [6.07, 6.45) is 11.4. The third kappa shape index (κ3) is 8.64. The Morgan fingerprint density at radius 2 is 0.933 bits per heavy atom. The zero-order chi connectivity index (χ0) is 21.9. The molecule has 0 saturated heterocycles. The molecule has 0 aliphatic heterocycles. The van der Waals surface area contributed by atoms with E-state index >= 15 is 0 Å². The molecular formula is C29H44O. The van der Waals surface area contributed by atoms with E-state index in [1.807, 2.05) is 0 Å². The Kier molecular flexibility index (Phi) is 10.1. The highest BCUT2D eigenvalue weighted by molar-refractivity contribution is 5.24. The van der Waals surface area contributed by atoms with Crippen molar-refractivity contribution in [1.29, 1.82) is 0 Å². The van der Waals surface area contributed by atoms with Gasteiger partial charge < -0.3 is 5.11 Å². The van der Waals surface area contributed by atoms with Gasteiger partial charge in [0.25, 0.3) is 0 Å². The number of hydrogen-bond donors (Lipinski definition) is 1. The minimum absolute atomic E-state index is 0.116. The summed E-state index contributed by atoms with van der Waals surface area (Å²) in [7, 11) is 0. The van der Waals surface area contributed by atoms with Crippen molar-refractivity contribution in [3.8, 4) is 0 Å². The normalized spacial score (nSPS) is 12.5. The third-order valence-electron chi connectivity index (χ3n) is 6.79. The van der Waals surface area contributed by atoms with E-state index < -0.39 is 0 Å². The molecule has 166 valence electrons. The predicted molar refractivity (Wildman–Crippen MR) is 131 cm³/mol. The fourth-order valence-corrected chi connectivity index (χ4v) is 4.46. The molecule has 30 heavy (non-hydrogen) atoms. The van der Waals surface area contributed by atoms with Crippen LogP contribution >= 0.6 is 0 Å². The Balaban J connectivity index is 1.52. The SMILES string of the molecule is CC(C)(CCCCCC(O)CCCCCC(C)(C)c1ccccc1)c1ccccc1. The molecule has 0 heterocycles. The minimum Gasteiger partial charge on any atom is -0.393 e. The first kappa shape index (κ1) is 24.7. The molecule has 2 rings (SSSR count). The second kappa shape index (κ2) is 12.3. The van der Waals surface area contributed by atoms with Crippen LogP contribution in [0.15, 0.2) is 60.7 Å². The lowest BCUT2D eigenvalue weighted by Crippen LogP contribution is -2.17. The van der Waals surface area contributed by atoms with Crippen molar-refractivity contribution in [1.82, 2.24) is 0 Å². The summed E-state index contributed by atoms with van der Waals surface area (Å²) >= 11 is 0. The molecule has 0 amide bonds. The van der Waals surface area contributed by atoms with E-state index in [0.717, 1.165) is 25.7 Å². The summed E-state index contributed by atoms with van der Waals surface area (Å²) in [5.41, 5.74) is 3.35. The first-order chi connectivity index (χ1) is 14.3. The van der Waals surface area contributed by atoms with E-state index in [4.69, 9.17) is 0 Å². The van der Waals surface area contributed by atoms with E-state index in [1.54, 1.807) is 0 Å². The standard InChI is InChI=1S/C29H44O/c1-28(2,25-17-9-5-10-18-25)23-15-7-13-21-27(30)22-14-8-16-24-29(3,4)26-19-11-6-12-20-26/h5-6,9-12,17-20,27,30H,7-8,13-16,21-24H2,1-4H3. The molecule has 0 saturated carbocycles. The lowest BCUT2D eigenvalue weighted by atomic mass is 9.80. The van der Waals surface area contributed by atoms with Crippen LogP contribution in [0, 0.1) is 0 Å². The second-order valence-electron chi connectivity index (χ2n) is 10.4. The maximum absolute atomic E-state index is 10.3. The molecule has 2 aromatic rings. The van der Waals surface area contributed by atoms with Crippen LogP contribution in [0.5, 0.6) is 0 Å². The summed E-state index contributed by atoms with van der Waals surface area (Å²) in [6, 6.07) is 21.7. The van der Waals surface area contributed by atoms with E-state index in [0.29, 0.717) is 0 Å². The monoisotopic (exact) mass is 408 g/mol. The van der Waals surface area contributed by atoms with Gasteiger partial charge in [0.05, 0.1) is 6.10 Å². The Morgan fingerprint density at radius 3 is 1.30 bits per heavy atom. The van der Waals surface area contributed by atoms with Gasteiger partial charge in [-0.05, 0) is 47.6 Å². The maximum Gasteiger partial charge on any atom is 0.0540 e. The van der Waals surface area contributed by atoms with Crippen LogP contribution in [0.2, 0.25) is 0 Å². The van der Waals surface area contributed by atoms with Crippen LogP contribution < -0.4 is 0 Å². The van der Waals surface area contributed by atoms with Crippen LogP contribution in [0.3, 0.4) is 0 Å². The lowest BCUT2D eigenvalue weighted by Gasteiger charge is -2.25. The van der Waals surface area contributed by atoms with Gasteiger partial charge in [0, 0.05) is 0 Å². The zero-order valence-electron chi connectivity index (χ0n) is 19.9. The minimum atomic E-state index is -0.116. The highest BCUT2D eigenvalue weighted by Gasteiger charge is 2.20. The molecule has 2 aromatic carbocycles. The average molecular weight is 409 g/mol. The van der Waals surface area contributed by atoms with Gasteiger partial charge in [-0.25, -0.2) is 0 Å². The summed E-state index contributed by atoms with van der Waals surface area (Å²) in [6.45, 7) is 9.37. The van der Waals surface area contributed by atoms with Crippen LogP contribution in [-0.4, -0.2) is 11.2 Å². The largest absolute Gasteiger partial charge is 0.393 e. The molecule has 0 aliphatic rings. The van der Waals surface area contributed by atoms with E-state index in [-0.39, 0.29) is 16.9 Å². The van der Waals surface area contributed by atoms with Gasteiger partial charge in [0.15, 0.2) is 0 Å². The summed E-state index contributed by atoms with van der Waals surface area (Å²) in [4.78, 5) is 0. The number of rotatable bonds is 14. The number of aliphatic hydroxyl groups excluding tert-OH is 1. The van der Waals surface area contributed by atoms with Gasteiger partial charge >= 0.3 is 0 Å². The van der Waals surface area contributed by atoms with Crippen molar-refractivity contribution in [2.24, 2.45) is 0 Å². The first-order valence-corrected chi connectivity index (χ1v) is 12.1. The van der Waals surface area contributed by atoms with E-state index in [9.17, 15) is 5.11 Å². The smallest absolute Gasteiger partial charge is 0.0540 e. The quantitative estimate of drug-likeness (QED) is 0.312. The van der Waals surface area contributed by atoms with Gasteiger partial charge in [-0.15, -0.1) is 0 Å². The third-order valence-corrected chi connectivity index (χ3v) is 6.79. The molecule has 0 spiro atoms. The Morgan fingerprint density at radius 1 is 0.567 bits per heavy atom. The topological polar surface area (TPSA) is 20.2 Å². The molecule has 0 fully saturated rings. The van der Waals surface area contributed by atoms with Gasteiger partial charge in [-0.1, -0.05) is 127 Å². The second-order valence-corrected chi connectivity index (χ2v) is 10.4. The van der Waals surface area contributed by atoms with E-state index in [1.165, 1.54) is 49.7 Å². The van der Waals surface area contributed by atoms with Gasteiger partial charge in [0.2, 0.25) is 0 Å². The Bertz CT molecular complexity index is 625. The lowest BCUT2D eigenvalue weighted by molar-refractivity contribution is 0.146. The number of unbranched alkanes of at least 4 members (excludes halogenated alkanes) is 4. The van der Waals surface area contributed by atoms with Crippen LogP contribution in [0.25, 0.3) is 0 Å². The Hall–Kier alpha value is -1.60. The van der Waals surface area contributed by atoms with Gasteiger partial charge in [-0.2, -0.15) is 0 Å². The van der Waals surface area contributed by atoms with Gasteiger partial charge in [0.1, 0.15) is 0 Å². The molecule has 0 aromatic heterocycles. The van der Waals surface area contributed by atoms with Crippen LogP contribution in [0.4, 0.5) is 0 Å². The molecule has 1 heteroatoms. The van der Waals surface area contributed by atoms with Crippen molar-refractivity contribution in [2.75, 3.05) is 0 Å². The summed E-state index contributed by atoms with van der Waals surface area (Å²) < 4.78 is 0. The average Bonchev–Trinajstić information content (AvgIpc) is 2.74. The summed E-state index contributed by atoms with van der Waals surface area (Å²) in [5.74, 6) is 0. The van der Waals surface area contributed by atoms with Crippen LogP contribution in [-0.2, 0) is 10.8 Å². The molecule has 1 nitrogen and oxygen atoms in total. The van der Waals surface area contributed by atoms with Crippen LogP contribution in [0.1, 0.15) is 103 Å². The van der Waals surface area contributed by atoms with Gasteiger partial charge in [-0.3, -0.25) is 0 Å². The molecule has 0 atom stereocenters. The molecule has 0 radical (unpaired) electrons.